The highest BCUT2D eigenvalue weighted by atomic mass is 19.4. The van der Waals surface area contributed by atoms with Crippen LogP contribution in [0.4, 0.5) is 17.6 Å². The molecular weight excluding hydrogens is 274 g/mol. The summed E-state index contributed by atoms with van der Waals surface area (Å²) in [5.41, 5.74) is -0.690. The molecule has 2 rings (SSSR count). The predicted molar refractivity (Wildman–Crippen MR) is 66.7 cm³/mol. The Morgan fingerprint density at radius 1 is 1.40 bits per heavy atom. The summed E-state index contributed by atoms with van der Waals surface area (Å²) in [6, 6.07) is 2.95. The zero-order valence-corrected chi connectivity index (χ0v) is 11.1. The second kappa shape index (κ2) is 6.10. The first kappa shape index (κ1) is 15.3. The molecule has 1 N–H and O–H groups in total. The highest BCUT2D eigenvalue weighted by Gasteiger charge is 2.34. The lowest BCUT2D eigenvalue weighted by Gasteiger charge is -2.20. The van der Waals surface area contributed by atoms with E-state index in [0.29, 0.717) is 24.7 Å². The number of hydrogen-bond donors (Lipinski definition) is 1. The fourth-order valence-corrected chi connectivity index (χ4v) is 2.50. The van der Waals surface area contributed by atoms with Crippen molar-refractivity contribution in [1.29, 1.82) is 0 Å². The van der Waals surface area contributed by atoms with Crippen LogP contribution in [-0.2, 0) is 10.9 Å². The minimum Gasteiger partial charge on any atom is -0.381 e. The first-order valence-corrected chi connectivity index (χ1v) is 6.53. The maximum atomic E-state index is 13.6. The molecule has 0 aromatic heterocycles. The first-order valence-electron chi connectivity index (χ1n) is 6.53. The molecule has 0 spiro atoms. The zero-order chi connectivity index (χ0) is 14.8. The molecule has 0 amide bonds. The van der Waals surface area contributed by atoms with Crippen molar-refractivity contribution in [2.75, 3.05) is 20.3 Å². The predicted octanol–water partition coefficient (Wildman–Crippen LogP) is 3.53. The van der Waals surface area contributed by atoms with Crippen LogP contribution in [-0.4, -0.2) is 20.3 Å². The van der Waals surface area contributed by atoms with E-state index < -0.39 is 17.6 Å². The van der Waals surface area contributed by atoms with Gasteiger partial charge < -0.3 is 10.1 Å². The molecule has 2 unspecified atom stereocenters. The van der Waals surface area contributed by atoms with Gasteiger partial charge in [0.05, 0.1) is 5.56 Å². The molecule has 1 aliphatic rings. The lowest BCUT2D eigenvalue weighted by molar-refractivity contribution is -0.140. The van der Waals surface area contributed by atoms with E-state index in [1.165, 1.54) is 6.07 Å². The van der Waals surface area contributed by atoms with Crippen molar-refractivity contribution in [3.63, 3.8) is 0 Å². The van der Waals surface area contributed by atoms with Crippen molar-refractivity contribution in [3.8, 4) is 0 Å². The molecule has 6 heteroatoms. The quantitative estimate of drug-likeness (QED) is 0.857. The summed E-state index contributed by atoms with van der Waals surface area (Å²) in [6.45, 7) is 1.36. The number of hydrogen-bond acceptors (Lipinski definition) is 2. The van der Waals surface area contributed by atoms with Gasteiger partial charge in [0.25, 0.3) is 0 Å². The van der Waals surface area contributed by atoms with Gasteiger partial charge in [-0.25, -0.2) is 4.39 Å². The van der Waals surface area contributed by atoms with Crippen molar-refractivity contribution < 1.29 is 22.3 Å². The average Bonchev–Trinajstić information content (AvgIpc) is 2.87. The van der Waals surface area contributed by atoms with Crippen LogP contribution in [0, 0.1) is 11.7 Å². The lowest BCUT2D eigenvalue weighted by atomic mass is 9.93. The topological polar surface area (TPSA) is 21.3 Å². The molecule has 2 atom stereocenters. The van der Waals surface area contributed by atoms with E-state index >= 15 is 0 Å². The second-order valence-electron chi connectivity index (χ2n) is 5.04. The molecule has 0 bridgehead atoms. The number of alkyl halides is 3. The maximum absolute atomic E-state index is 13.6. The molecular formula is C14H17F4NO. The Morgan fingerprint density at radius 2 is 2.15 bits per heavy atom. The van der Waals surface area contributed by atoms with Gasteiger partial charge in [-0.05, 0) is 43.5 Å². The van der Waals surface area contributed by atoms with Gasteiger partial charge in [-0.1, -0.05) is 6.07 Å². The fraction of sp³-hybridized carbons (Fsp3) is 0.571. The maximum Gasteiger partial charge on any atom is 0.419 e. The number of nitrogens with one attached hydrogen (secondary N) is 1. The van der Waals surface area contributed by atoms with E-state index in [4.69, 9.17) is 4.74 Å². The van der Waals surface area contributed by atoms with E-state index in [9.17, 15) is 17.6 Å². The van der Waals surface area contributed by atoms with Gasteiger partial charge in [-0.2, -0.15) is 13.2 Å². The van der Waals surface area contributed by atoms with Gasteiger partial charge in [0.1, 0.15) is 5.82 Å². The Hall–Kier alpha value is -1.14. The van der Waals surface area contributed by atoms with Gasteiger partial charge in [0.2, 0.25) is 0 Å². The molecule has 1 saturated heterocycles. The molecule has 1 aromatic carbocycles. The van der Waals surface area contributed by atoms with E-state index in [1.54, 1.807) is 7.05 Å². The van der Waals surface area contributed by atoms with Crippen LogP contribution in [0.25, 0.3) is 0 Å². The third kappa shape index (κ3) is 3.49. The van der Waals surface area contributed by atoms with Crippen molar-refractivity contribution in [2.24, 2.45) is 5.92 Å². The minimum absolute atomic E-state index is 0.168. The summed E-state index contributed by atoms with van der Waals surface area (Å²) in [7, 11) is 1.72. The average molecular weight is 291 g/mol. The monoisotopic (exact) mass is 291 g/mol. The van der Waals surface area contributed by atoms with Crippen molar-refractivity contribution >= 4 is 0 Å². The van der Waals surface area contributed by atoms with Gasteiger partial charge in [-0.15, -0.1) is 0 Å². The Kier molecular flexibility index (Phi) is 4.65. The summed E-state index contributed by atoms with van der Waals surface area (Å²) in [6.07, 6.45) is -3.00. The fourth-order valence-electron chi connectivity index (χ4n) is 2.50. The Balaban J connectivity index is 2.15. The zero-order valence-electron chi connectivity index (χ0n) is 11.1. The normalized spacial score (nSPS) is 21.1. The van der Waals surface area contributed by atoms with Crippen LogP contribution in [0.5, 0.6) is 0 Å². The summed E-state index contributed by atoms with van der Waals surface area (Å²) in [4.78, 5) is 0. The first-order chi connectivity index (χ1) is 9.41. The van der Waals surface area contributed by atoms with Gasteiger partial charge in [-0.3, -0.25) is 0 Å². The number of ether oxygens (including phenoxy) is 1. The molecule has 1 aliphatic heterocycles. The van der Waals surface area contributed by atoms with Gasteiger partial charge >= 0.3 is 6.18 Å². The SMILES string of the molecule is CNC(CC1CCOC1)c1ccc(C(F)(F)F)c(F)c1. The van der Waals surface area contributed by atoms with E-state index in [1.807, 2.05) is 0 Å². The van der Waals surface area contributed by atoms with Crippen LogP contribution in [0.1, 0.15) is 30.0 Å². The summed E-state index contributed by atoms with van der Waals surface area (Å²) in [5, 5.41) is 3.03. The van der Waals surface area contributed by atoms with Crippen molar-refractivity contribution in [2.45, 2.75) is 25.1 Å². The number of rotatable bonds is 4. The van der Waals surface area contributed by atoms with Crippen LogP contribution < -0.4 is 5.32 Å². The van der Waals surface area contributed by atoms with Crippen molar-refractivity contribution in [3.05, 3.63) is 35.1 Å². The van der Waals surface area contributed by atoms with Gasteiger partial charge in [0, 0.05) is 19.3 Å². The summed E-state index contributed by atoms with van der Waals surface area (Å²) in [5.74, 6) is -0.865. The van der Waals surface area contributed by atoms with Crippen LogP contribution in [0.3, 0.4) is 0 Å². The van der Waals surface area contributed by atoms with Crippen LogP contribution in [0.2, 0.25) is 0 Å². The lowest BCUT2D eigenvalue weighted by Crippen LogP contribution is -2.21. The molecule has 20 heavy (non-hydrogen) atoms. The Bertz CT molecular complexity index is 455. The Labute approximate surface area is 115 Å². The van der Waals surface area contributed by atoms with Crippen LogP contribution >= 0.6 is 0 Å². The number of halogens is 4. The molecule has 2 nitrogen and oxygen atoms in total. The van der Waals surface area contributed by atoms with Crippen molar-refractivity contribution in [1.82, 2.24) is 5.32 Å². The van der Waals surface area contributed by atoms with E-state index in [2.05, 4.69) is 5.32 Å². The summed E-state index contributed by atoms with van der Waals surface area (Å²) >= 11 is 0. The third-order valence-electron chi connectivity index (χ3n) is 3.64. The third-order valence-corrected chi connectivity index (χ3v) is 3.64. The highest BCUT2D eigenvalue weighted by molar-refractivity contribution is 5.28. The molecule has 1 heterocycles. The Morgan fingerprint density at radius 3 is 2.65 bits per heavy atom. The van der Waals surface area contributed by atoms with Gasteiger partial charge in [0.15, 0.2) is 0 Å². The molecule has 0 aliphatic carbocycles. The molecule has 0 saturated carbocycles. The molecule has 0 radical (unpaired) electrons. The molecule has 1 aromatic rings. The largest absolute Gasteiger partial charge is 0.419 e. The smallest absolute Gasteiger partial charge is 0.381 e. The van der Waals surface area contributed by atoms with E-state index in [0.717, 1.165) is 25.0 Å². The molecule has 112 valence electrons. The number of benzene rings is 1. The minimum atomic E-state index is -4.66. The highest BCUT2D eigenvalue weighted by Crippen LogP contribution is 2.33. The van der Waals surface area contributed by atoms with E-state index in [-0.39, 0.29) is 6.04 Å². The van der Waals surface area contributed by atoms with Crippen LogP contribution in [0.15, 0.2) is 18.2 Å². The second-order valence-corrected chi connectivity index (χ2v) is 5.04. The summed E-state index contributed by atoms with van der Waals surface area (Å²) < 4.78 is 56.4. The molecule has 1 fully saturated rings. The standard InChI is InChI=1S/C14H17F4NO/c1-19-13(6-9-4-5-20-8-9)10-2-3-11(12(15)7-10)14(16,17)18/h2-3,7,9,13,19H,4-6,8H2,1H3.